The lowest BCUT2D eigenvalue weighted by molar-refractivity contribution is 0.0787. The minimum atomic E-state index is -0.639. The van der Waals surface area contributed by atoms with E-state index in [2.05, 4.69) is 21.2 Å². The first-order valence-corrected chi connectivity index (χ1v) is 7.70. The van der Waals surface area contributed by atoms with Gasteiger partial charge in [-0.05, 0) is 24.6 Å². The van der Waals surface area contributed by atoms with Gasteiger partial charge < -0.3 is 10.2 Å². The molecule has 1 amide bonds. The van der Waals surface area contributed by atoms with E-state index in [0.717, 1.165) is 6.07 Å². The molecule has 3 rings (SSSR count). The highest BCUT2D eigenvalue weighted by atomic mass is 19.1. The van der Waals surface area contributed by atoms with Crippen molar-refractivity contribution in [1.82, 2.24) is 14.9 Å². The zero-order chi connectivity index (χ0) is 17.8. The van der Waals surface area contributed by atoms with Crippen molar-refractivity contribution in [2.75, 3.05) is 18.4 Å². The molecule has 1 N–H and O–H groups in total. The van der Waals surface area contributed by atoms with Gasteiger partial charge in [0.05, 0.1) is 11.1 Å². The Balaban J connectivity index is 1.67. The monoisotopic (exact) mass is 338 g/mol. The number of aldehydes is 1. The van der Waals surface area contributed by atoms with Crippen molar-refractivity contribution >= 4 is 18.1 Å². The van der Waals surface area contributed by atoms with E-state index in [1.165, 1.54) is 24.5 Å². The molecule has 7 heteroatoms. The van der Waals surface area contributed by atoms with Gasteiger partial charge in [0.1, 0.15) is 12.1 Å². The standard InChI is InChI=1S/C18H15FN4O2/c1-2-12-8-20-18(21-9-12)22-14-5-6-23(10-14)17(25)15-7-13(11-24)3-4-16(15)19/h1,3-4,7-9,11,14H,5-6,10H2,(H,20,21,22). The molecule has 1 aliphatic heterocycles. The summed E-state index contributed by atoms with van der Waals surface area (Å²) in [4.78, 5) is 33.1. The molecule has 2 aromatic rings. The van der Waals surface area contributed by atoms with Crippen LogP contribution in [0.2, 0.25) is 0 Å². The van der Waals surface area contributed by atoms with Crippen LogP contribution in [0.3, 0.4) is 0 Å². The van der Waals surface area contributed by atoms with E-state index in [0.29, 0.717) is 37.3 Å². The van der Waals surface area contributed by atoms with Crippen LogP contribution < -0.4 is 5.32 Å². The Morgan fingerprint density at radius 3 is 2.84 bits per heavy atom. The van der Waals surface area contributed by atoms with Crippen molar-refractivity contribution in [1.29, 1.82) is 0 Å². The van der Waals surface area contributed by atoms with Gasteiger partial charge in [0.25, 0.3) is 5.91 Å². The largest absolute Gasteiger partial charge is 0.350 e. The molecule has 0 saturated carbocycles. The second-order valence-corrected chi connectivity index (χ2v) is 5.68. The van der Waals surface area contributed by atoms with Gasteiger partial charge in [-0.15, -0.1) is 6.42 Å². The predicted molar refractivity (Wildman–Crippen MR) is 89.7 cm³/mol. The van der Waals surface area contributed by atoms with Crippen LogP contribution in [-0.2, 0) is 0 Å². The molecule has 25 heavy (non-hydrogen) atoms. The van der Waals surface area contributed by atoms with Crippen LogP contribution in [-0.4, -0.2) is 46.2 Å². The van der Waals surface area contributed by atoms with Crippen molar-refractivity contribution < 1.29 is 14.0 Å². The van der Waals surface area contributed by atoms with Crippen LogP contribution in [0.1, 0.15) is 32.7 Å². The van der Waals surface area contributed by atoms with E-state index in [-0.39, 0.29) is 17.2 Å². The number of hydrogen-bond donors (Lipinski definition) is 1. The summed E-state index contributed by atoms with van der Waals surface area (Å²) in [5, 5.41) is 3.13. The number of nitrogens with zero attached hydrogens (tertiary/aromatic N) is 3. The fraction of sp³-hybridized carbons (Fsp3) is 0.222. The summed E-state index contributed by atoms with van der Waals surface area (Å²) in [6.07, 6.45) is 9.59. The summed E-state index contributed by atoms with van der Waals surface area (Å²) < 4.78 is 13.9. The van der Waals surface area contributed by atoms with Gasteiger partial charge in [-0.3, -0.25) is 9.59 Å². The number of terminal acetylenes is 1. The highest BCUT2D eigenvalue weighted by molar-refractivity contribution is 5.96. The van der Waals surface area contributed by atoms with Gasteiger partial charge in [0, 0.05) is 37.1 Å². The van der Waals surface area contributed by atoms with Crippen molar-refractivity contribution in [3.8, 4) is 12.3 Å². The number of benzene rings is 1. The summed E-state index contributed by atoms with van der Waals surface area (Å²) in [5.74, 6) is 1.79. The number of halogens is 1. The summed E-state index contributed by atoms with van der Waals surface area (Å²) in [7, 11) is 0. The molecule has 1 aromatic carbocycles. The zero-order valence-electron chi connectivity index (χ0n) is 13.3. The summed E-state index contributed by atoms with van der Waals surface area (Å²) in [6.45, 7) is 0.869. The van der Waals surface area contributed by atoms with Gasteiger partial charge in [-0.25, -0.2) is 14.4 Å². The lowest BCUT2D eigenvalue weighted by Crippen LogP contribution is -2.32. The molecule has 0 bridgehead atoms. The SMILES string of the molecule is C#Cc1cnc(NC2CCN(C(=O)c3cc(C=O)ccc3F)C2)nc1. The van der Waals surface area contributed by atoms with Gasteiger partial charge in [0.15, 0.2) is 0 Å². The molecule has 126 valence electrons. The Bertz CT molecular complexity index is 845. The fourth-order valence-electron chi connectivity index (χ4n) is 2.67. The third kappa shape index (κ3) is 3.63. The quantitative estimate of drug-likeness (QED) is 0.679. The Labute approximate surface area is 144 Å². The second kappa shape index (κ2) is 7.09. The predicted octanol–water partition coefficient (Wildman–Crippen LogP) is 1.74. The zero-order valence-corrected chi connectivity index (χ0v) is 13.3. The first kappa shape index (κ1) is 16.6. The number of carbonyl (C=O) groups is 2. The first-order chi connectivity index (χ1) is 12.1. The summed E-state index contributed by atoms with van der Waals surface area (Å²) in [6, 6.07) is 3.69. The molecular formula is C18H15FN4O2. The maximum Gasteiger partial charge on any atom is 0.256 e. The maximum absolute atomic E-state index is 13.9. The number of amides is 1. The molecule has 1 atom stereocenters. The number of hydrogen-bond acceptors (Lipinski definition) is 5. The molecule has 1 aliphatic rings. The normalized spacial score (nSPS) is 16.3. The molecule has 0 aliphatic carbocycles. The highest BCUT2D eigenvalue weighted by Crippen LogP contribution is 2.18. The number of likely N-dealkylation sites (tertiary alicyclic amines) is 1. The molecule has 1 aromatic heterocycles. The van der Waals surface area contributed by atoms with Crippen LogP contribution in [0.5, 0.6) is 0 Å². The minimum Gasteiger partial charge on any atom is -0.350 e. The number of aromatic nitrogens is 2. The average molecular weight is 338 g/mol. The fourth-order valence-corrected chi connectivity index (χ4v) is 2.67. The second-order valence-electron chi connectivity index (χ2n) is 5.68. The number of carbonyl (C=O) groups excluding carboxylic acids is 2. The van der Waals surface area contributed by atoms with Gasteiger partial charge >= 0.3 is 0 Å². The minimum absolute atomic E-state index is 0.0436. The average Bonchev–Trinajstić information content (AvgIpc) is 3.10. The van der Waals surface area contributed by atoms with E-state index >= 15 is 0 Å². The Morgan fingerprint density at radius 2 is 2.16 bits per heavy atom. The van der Waals surface area contributed by atoms with E-state index in [4.69, 9.17) is 6.42 Å². The topological polar surface area (TPSA) is 75.2 Å². The summed E-state index contributed by atoms with van der Waals surface area (Å²) >= 11 is 0. The highest BCUT2D eigenvalue weighted by Gasteiger charge is 2.28. The number of rotatable bonds is 4. The Hall–Kier alpha value is -3.27. The van der Waals surface area contributed by atoms with Gasteiger partial charge in [-0.2, -0.15) is 0 Å². The van der Waals surface area contributed by atoms with E-state index < -0.39 is 11.7 Å². The van der Waals surface area contributed by atoms with Gasteiger partial charge in [0.2, 0.25) is 5.95 Å². The smallest absolute Gasteiger partial charge is 0.256 e. The third-order valence-corrected chi connectivity index (χ3v) is 3.98. The van der Waals surface area contributed by atoms with Crippen LogP contribution in [0.25, 0.3) is 0 Å². The first-order valence-electron chi connectivity index (χ1n) is 7.70. The summed E-state index contributed by atoms with van der Waals surface area (Å²) in [5.41, 5.74) is 0.750. The lowest BCUT2D eigenvalue weighted by atomic mass is 10.1. The molecule has 0 spiro atoms. The molecule has 2 heterocycles. The van der Waals surface area contributed by atoms with Gasteiger partial charge in [-0.1, -0.05) is 5.92 Å². The van der Waals surface area contributed by atoms with Crippen LogP contribution in [0, 0.1) is 18.2 Å². The number of nitrogens with one attached hydrogen (secondary N) is 1. The molecule has 1 unspecified atom stereocenters. The maximum atomic E-state index is 13.9. The van der Waals surface area contributed by atoms with Crippen molar-refractivity contribution in [2.45, 2.75) is 12.5 Å². The van der Waals surface area contributed by atoms with Crippen LogP contribution in [0.4, 0.5) is 10.3 Å². The van der Waals surface area contributed by atoms with E-state index in [1.807, 2.05) is 0 Å². The Morgan fingerprint density at radius 1 is 1.40 bits per heavy atom. The lowest BCUT2D eigenvalue weighted by Gasteiger charge is -2.17. The molecule has 0 radical (unpaired) electrons. The van der Waals surface area contributed by atoms with Crippen molar-refractivity contribution in [3.05, 3.63) is 53.1 Å². The molecule has 1 saturated heterocycles. The number of anilines is 1. The molecule has 1 fully saturated rings. The Kier molecular flexibility index (Phi) is 4.70. The van der Waals surface area contributed by atoms with Crippen molar-refractivity contribution in [3.63, 3.8) is 0 Å². The van der Waals surface area contributed by atoms with Crippen molar-refractivity contribution in [2.24, 2.45) is 0 Å². The molecule has 6 nitrogen and oxygen atoms in total. The van der Waals surface area contributed by atoms with Crippen LogP contribution >= 0.6 is 0 Å². The van der Waals surface area contributed by atoms with E-state index in [9.17, 15) is 14.0 Å². The van der Waals surface area contributed by atoms with Crippen LogP contribution in [0.15, 0.2) is 30.6 Å². The van der Waals surface area contributed by atoms with E-state index in [1.54, 1.807) is 4.90 Å². The molecular weight excluding hydrogens is 323 g/mol. The third-order valence-electron chi connectivity index (χ3n) is 3.98.